The van der Waals surface area contributed by atoms with Gasteiger partial charge in [0, 0.05) is 35.8 Å². The van der Waals surface area contributed by atoms with E-state index in [2.05, 4.69) is 0 Å². The van der Waals surface area contributed by atoms with Crippen LogP contribution in [0.2, 0.25) is 5.02 Å². The number of pyridine rings is 1. The van der Waals surface area contributed by atoms with Gasteiger partial charge in [-0.25, -0.2) is 4.79 Å². The van der Waals surface area contributed by atoms with Gasteiger partial charge in [0.05, 0.1) is 12.1 Å². The average molecular weight is 341 g/mol. The molecule has 2 N–H and O–H groups in total. The van der Waals surface area contributed by atoms with Crippen LogP contribution in [0.25, 0.3) is 0 Å². The van der Waals surface area contributed by atoms with Gasteiger partial charge in [-0.15, -0.1) is 0 Å². The summed E-state index contributed by atoms with van der Waals surface area (Å²) in [5, 5.41) is 21.0. The molecular formula is C16H21ClN2O4. The van der Waals surface area contributed by atoms with Crippen LogP contribution in [0, 0.1) is 5.41 Å². The average Bonchev–Trinajstić information content (AvgIpc) is 2.95. The quantitative estimate of drug-likeness (QED) is 0.864. The second-order valence-corrected chi connectivity index (χ2v) is 7.22. The number of amides is 1. The predicted octanol–water partition coefficient (Wildman–Crippen LogP) is 2.18. The van der Waals surface area contributed by atoms with E-state index in [4.69, 9.17) is 11.6 Å². The Morgan fingerprint density at radius 3 is 2.61 bits per heavy atom. The van der Waals surface area contributed by atoms with Crippen molar-refractivity contribution >= 4 is 17.7 Å². The van der Waals surface area contributed by atoms with E-state index in [9.17, 15) is 19.8 Å². The van der Waals surface area contributed by atoms with Crippen LogP contribution in [0.1, 0.15) is 32.1 Å². The lowest BCUT2D eigenvalue weighted by Gasteiger charge is -2.51. The van der Waals surface area contributed by atoms with Crippen molar-refractivity contribution in [2.24, 2.45) is 5.41 Å². The number of hydrogen-bond acceptors (Lipinski definition) is 3. The fourth-order valence-electron chi connectivity index (χ4n) is 4.16. The molecule has 0 aromatic carbocycles. The minimum absolute atomic E-state index is 0.177. The van der Waals surface area contributed by atoms with E-state index in [0.29, 0.717) is 18.0 Å². The number of carboxylic acid groups (broad SMARTS) is 1. The van der Waals surface area contributed by atoms with Crippen LogP contribution >= 0.6 is 11.6 Å². The van der Waals surface area contributed by atoms with Crippen molar-refractivity contribution in [1.82, 2.24) is 9.47 Å². The molecule has 1 aromatic heterocycles. The molecule has 1 saturated heterocycles. The number of piperidine rings is 1. The normalized spacial score (nSPS) is 26.6. The van der Waals surface area contributed by atoms with Gasteiger partial charge in [0.25, 0.3) is 5.56 Å². The third-order valence-electron chi connectivity index (χ3n) is 5.50. The minimum atomic E-state index is -1.08. The molecule has 2 aliphatic rings. The monoisotopic (exact) mass is 340 g/mol. The number of hydrogen-bond donors (Lipinski definition) is 2. The molecule has 126 valence electrons. The Labute approximate surface area is 139 Å². The highest BCUT2D eigenvalue weighted by Crippen LogP contribution is 2.51. The highest BCUT2D eigenvalue weighted by molar-refractivity contribution is 6.30. The largest absolute Gasteiger partial charge is 0.465 e. The van der Waals surface area contributed by atoms with Gasteiger partial charge in [0.2, 0.25) is 0 Å². The highest BCUT2D eigenvalue weighted by atomic mass is 35.5. The second-order valence-electron chi connectivity index (χ2n) is 6.78. The molecular weight excluding hydrogens is 320 g/mol. The van der Waals surface area contributed by atoms with Crippen LogP contribution in [0.5, 0.6) is 0 Å². The first-order valence-electron chi connectivity index (χ1n) is 7.92. The molecule has 23 heavy (non-hydrogen) atoms. The summed E-state index contributed by atoms with van der Waals surface area (Å²) in [6.45, 7) is 0.799. The molecule has 1 aromatic rings. The molecule has 6 nitrogen and oxygen atoms in total. The summed E-state index contributed by atoms with van der Waals surface area (Å²) in [7, 11) is 0. The van der Waals surface area contributed by atoms with E-state index >= 15 is 0 Å². The number of carbonyl (C=O) groups is 1. The number of halogens is 1. The number of likely N-dealkylation sites (tertiary alicyclic amines) is 1. The first-order valence-corrected chi connectivity index (χ1v) is 8.29. The van der Waals surface area contributed by atoms with Gasteiger partial charge in [-0.3, -0.25) is 4.79 Å². The standard InChI is InChI=1S/C16H21ClN2O4/c17-12-3-7-18(13(20)9-12)11-16(23)6-8-19(14(21)22)10-15(16)4-1-2-5-15/h3,7,9,23H,1-2,4-6,8,10-11H2,(H,21,22)/t16-/m0/s1. The molecule has 1 atom stereocenters. The molecule has 0 radical (unpaired) electrons. The van der Waals surface area contributed by atoms with Crippen molar-refractivity contribution in [2.75, 3.05) is 13.1 Å². The SMILES string of the molecule is O=C(O)N1CC[C@](O)(Cn2ccc(Cl)cc2=O)C2(CCCC2)C1. The summed E-state index contributed by atoms with van der Waals surface area (Å²) in [4.78, 5) is 24.8. The minimum Gasteiger partial charge on any atom is -0.465 e. The van der Waals surface area contributed by atoms with Gasteiger partial charge in [0.15, 0.2) is 0 Å². The molecule has 2 fully saturated rings. The number of nitrogens with zero attached hydrogens (tertiary/aromatic N) is 2. The Balaban J connectivity index is 1.92. The van der Waals surface area contributed by atoms with E-state index in [1.807, 2.05) is 0 Å². The highest BCUT2D eigenvalue weighted by Gasteiger charge is 2.55. The Bertz CT molecular complexity index is 668. The van der Waals surface area contributed by atoms with Crippen molar-refractivity contribution in [1.29, 1.82) is 0 Å². The van der Waals surface area contributed by atoms with Crippen molar-refractivity contribution < 1.29 is 15.0 Å². The van der Waals surface area contributed by atoms with E-state index in [1.165, 1.54) is 15.5 Å². The second kappa shape index (κ2) is 5.83. The zero-order chi connectivity index (χ0) is 16.7. The van der Waals surface area contributed by atoms with Gasteiger partial charge in [-0.1, -0.05) is 24.4 Å². The van der Waals surface area contributed by atoms with Crippen LogP contribution < -0.4 is 5.56 Å². The van der Waals surface area contributed by atoms with Crippen molar-refractivity contribution in [3.63, 3.8) is 0 Å². The zero-order valence-corrected chi connectivity index (χ0v) is 13.6. The van der Waals surface area contributed by atoms with Crippen molar-refractivity contribution in [3.05, 3.63) is 33.7 Å². The first kappa shape index (κ1) is 16.3. The van der Waals surface area contributed by atoms with Gasteiger partial charge in [0.1, 0.15) is 0 Å². The molecule has 1 spiro atoms. The molecule has 1 aliphatic heterocycles. The van der Waals surface area contributed by atoms with Crippen LogP contribution in [0.4, 0.5) is 4.79 Å². The lowest BCUT2D eigenvalue weighted by atomic mass is 9.66. The molecule has 3 rings (SSSR count). The molecule has 0 unspecified atom stereocenters. The Morgan fingerprint density at radius 1 is 1.30 bits per heavy atom. The van der Waals surface area contributed by atoms with Crippen LogP contribution in [0.3, 0.4) is 0 Å². The van der Waals surface area contributed by atoms with E-state index in [1.54, 1.807) is 12.3 Å². The maximum absolute atomic E-state index is 12.1. The number of aliphatic hydroxyl groups is 1. The number of rotatable bonds is 2. The smallest absolute Gasteiger partial charge is 0.407 e. The summed E-state index contributed by atoms with van der Waals surface area (Å²) >= 11 is 5.82. The summed E-state index contributed by atoms with van der Waals surface area (Å²) < 4.78 is 1.47. The molecule has 7 heteroatoms. The maximum atomic E-state index is 12.1. The van der Waals surface area contributed by atoms with Gasteiger partial charge in [-0.2, -0.15) is 0 Å². The summed E-state index contributed by atoms with van der Waals surface area (Å²) in [5.41, 5.74) is -1.80. The maximum Gasteiger partial charge on any atom is 0.407 e. The predicted molar refractivity (Wildman–Crippen MR) is 85.8 cm³/mol. The van der Waals surface area contributed by atoms with E-state index in [0.717, 1.165) is 25.7 Å². The lowest BCUT2D eigenvalue weighted by molar-refractivity contribution is -0.137. The van der Waals surface area contributed by atoms with Crippen LogP contribution in [0.15, 0.2) is 23.1 Å². The number of aromatic nitrogens is 1. The van der Waals surface area contributed by atoms with Crippen molar-refractivity contribution in [2.45, 2.75) is 44.2 Å². The molecule has 0 bridgehead atoms. The Hall–Kier alpha value is -1.53. The summed E-state index contributed by atoms with van der Waals surface area (Å²) in [5.74, 6) is 0. The van der Waals surface area contributed by atoms with Gasteiger partial charge >= 0.3 is 6.09 Å². The Morgan fingerprint density at radius 2 is 2.00 bits per heavy atom. The summed E-state index contributed by atoms with van der Waals surface area (Å²) in [6, 6.07) is 2.96. The molecule has 1 saturated carbocycles. The van der Waals surface area contributed by atoms with Gasteiger partial charge in [-0.05, 0) is 25.3 Å². The van der Waals surface area contributed by atoms with E-state index in [-0.39, 0.29) is 18.6 Å². The topological polar surface area (TPSA) is 82.8 Å². The van der Waals surface area contributed by atoms with Crippen molar-refractivity contribution in [3.8, 4) is 0 Å². The van der Waals surface area contributed by atoms with E-state index < -0.39 is 17.1 Å². The van der Waals surface area contributed by atoms with Gasteiger partial charge < -0.3 is 19.7 Å². The Kier molecular flexibility index (Phi) is 4.14. The van der Waals surface area contributed by atoms with Crippen LogP contribution in [-0.2, 0) is 6.54 Å². The third kappa shape index (κ3) is 2.85. The first-order chi connectivity index (χ1) is 10.9. The molecule has 1 aliphatic carbocycles. The van der Waals surface area contributed by atoms with Crippen LogP contribution in [-0.4, -0.2) is 44.5 Å². The fourth-order valence-corrected chi connectivity index (χ4v) is 4.31. The lowest BCUT2D eigenvalue weighted by Crippen LogP contribution is -2.62. The molecule has 1 amide bonds. The molecule has 2 heterocycles. The fraction of sp³-hybridized carbons (Fsp3) is 0.625. The third-order valence-corrected chi connectivity index (χ3v) is 5.73. The summed E-state index contributed by atoms with van der Waals surface area (Å²) in [6.07, 6.45) is 4.52. The zero-order valence-electron chi connectivity index (χ0n) is 12.9.